The van der Waals surface area contributed by atoms with Gasteiger partial charge in [-0.25, -0.2) is 0 Å². The van der Waals surface area contributed by atoms with Crippen LogP contribution in [-0.4, -0.2) is 6.85 Å². The zero-order valence-electron chi connectivity index (χ0n) is 20.9. The third-order valence-electron chi connectivity index (χ3n) is 8.08. The molecule has 0 amide bonds. The summed E-state index contributed by atoms with van der Waals surface area (Å²) < 4.78 is 0. The predicted molar refractivity (Wildman–Crippen MR) is 162 cm³/mol. The fourth-order valence-electron chi connectivity index (χ4n) is 6.56. The lowest BCUT2D eigenvalue weighted by atomic mass is 9.42. The zero-order chi connectivity index (χ0) is 25.1. The van der Waals surface area contributed by atoms with E-state index in [1.165, 1.54) is 66.8 Å². The molecule has 0 spiro atoms. The van der Waals surface area contributed by atoms with Gasteiger partial charge >= 0.3 is 6.85 Å². The Morgan fingerprint density at radius 2 is 0.737 bits per heavy atom. The summed E-state index contributed by atoms with van der Waals surface area (Å²) in [6.07, 6.45) is 0. The van der Waals surface area contributed by atoms with Crippen molar-refractivity contribution in [2.24, 2.45) is 0 Å². The molecule has 6 aromatic carbocycles. The zero-order valence-corrected chi connectivity index (χ0v) is 20.9. The second-order valence-electron chi connectivity index (χ2n) is 10.1. The van der Waals surface area contributed by atoms with Gasteiger partial charge in [-0.05, 0) is 56.4 Å². The molecule has 6 aromatic rings. The molecule has 0 saturated carbocycles. The van der Waals surface area contributed by atoms with Crippen molar-refractivity contribution in [3.05, 3.63) is 146 Å². The highest BCUT2D eigenvalue weighted by Crippen LogP contribution is 2.49. The molecule has 0 atom stereocenters. The van der Waals surface area contributed by atoms with Crippen LogP contribution in [0.2, 0.25) is 0 Å². The van der Waals surface area contributed by atoms with Gasteiger partial charge in [0, 0.05) is 22.5 Å². The van der Waals surface area contributed by atoms with E-state index in [0.29, 0.717) is 0 Å². The molecule has 2 heterocycles. The molecule has 2 heteroatoms. The van der Waals surface area contributed by atoms with Gasteiger partial charge in [-0.1, -0.05) is 133 Å². The van der Waals surface area contributed by atoms with Crippen LogP contribution in [0.3, 0.4) is 0 Å². The Morgan fingerprint density at radius 3 is 1.21 bits per heavy atom. The lowest BCUT2D eigenvalue weighted by molar-refractivity contribution is 1.35. The summed E-state index contributed by atoms with van der Waals surface area (Å²) in [7, 11) is 0. The molecule has 0 fully saturated rings. The molecule has 0 N–H and O–H groups in total. The van der Waals surface area contributed by atoms with Gasteiger partial charge in [0.05, 0.1) is 0 Å². The maximum absolute atomic E-state index is 2.57. The van der Waals surface area contributed by atoms with E-state index in [1.54, 1.807) is 0 Å². The molecule has 0 radical (unpaired) electrons. The van der Waals surface area contributed by atoms with Crippen LogP contribution in [0.4, 0.5) is 11.4 Å². The van der Waals surface area contributed by atoms with E-state index >= 15 is 0 Å². The largest absolute Gasteiger partial charge is 0.376 e. The molecule has 8 rings (SSSR count). The van der Waals surface area contributed by atoms with E-state index in [-0.39, 0.29) is 6.85 Å². The molecule has 0 saturated heterocycles. The topological polar surface area (TPSA) is 3.24 Å². The number of hydrogen-bond donors (Lipinski definition) is 0. The van der Waals surface area contributed by atoms with E-state index < -0.39 is 0 Å². The van der Waals surface area contributed by atoms with Crippen molar-refractivity contribution in [1.82, 2.24) is 0 Å². The second-order valence-corrected chi connectivity index (χ2v) is 10.1. The van der Waals surface area contributed by atoms with Crippen molar-refractivity contribution in [2.45, 2.75) is 0 Å². The minimum Gasteiger partial charge on any atom is -0.376 e. The van der Waals surface area contributed by atoms with Crippen molar-refractivity contribution >= 4 is 29.1 Å². The van der Waals surface area contributed by atoms with Crippen LogP contribution in [-0.2, 0) is 0 Å². The van der Waals surface area contributed by atoms with Crippen molar-refractivity contribution in [1.29, 1.82) is 0 Å². The molecule has 38 heavy (non-hydrogen) atoms. The minimum absolute atomic E-state index is 0.0807. The Kier molecular flexibility index (Phi) is 4.68. The van der Waals surface area contributed by atoms with Gasteiger partial charge < -0.3 is 4.81 Å². The lowest BCUT2D eigenvalue weighted by Crippen LogP contribution is -2.59. The van der Waals surface area contributed by atoms with E-state index in [0.717, 1.165) is 0 Å². The van der Waals surface area contributed by atoms with E-state index in [1.807, 2.05) is 0 Å². The third kappa shape index (κ3) is 3.01. The maximum atomic E-state index is 2.57. The quantitative estimate of drug-likeness (QED) is 0.227. The van der Waals surface area contributed by atoms with Gasteiger partial charge in [-0.3, -0.25) is 0 Å². The van der Waals surface area contributed by atoms with Crippen LogP contribution in [0.1, 0.15) is 0 Å². The fraction of sp³-hybridized carbons (Fsp3) is 0. The first kappa shape index (κ1) is 21.3. The van der Waals surface area contributed by atoms with Gasteiger partial charge in [-0.15, -0.1) is 0 Å². The number of benzene rings is 6. The Bertz CT molecular complexity index is 1690. The molecule has 0 bridgehead atoms. The summed E-state index contributed by atoms with van der Waals surface area (Å²) in [4.78, 5) is 2.57. The average Bonchev–Trinajstić information content (AvgIpc) is 3.01. The normalized spacial score (nSPS) is 12.6. The third-order valence-corrected chi connectivity index (χ3v) is 8.08. The molecule has 0 aromatic heterocycles. The van der Waals surface area contributed by atoms with Crippen molar-refractivity contribution in [2.75, 3.05) is 4.81 Å². The maximum Gasteiger partial charge on any atom is 0.329 e. The van der Waals surface area contributed by atoms with Gasteiger partial charge in [0.15, 0.2) is 0 Å². The predicted octanol–water partition coefficient (Wildman–Crippen LogP) is 7.93. The van der Waals surface area contributed by atoms with Gasteiger partial charge in [0.2, 0.25) is 0 Å². The number of para-hydroxylation sites is 2. The summed E-state index contributed by atoms with van der Waals surface area (Å²) in [5, 5.41) is 0. The molecule has 0 unspecified atom stereocenters. The highest BCUT2D eigenvalue weighted by Gasteiger charge is 2.43. The lowest BCUT2D eigenvalue weighted by Gasteiger charge is -2.44. The highest BCUT2D eigenvalue weighted by molar-refractivity contribution is 6.92. The van der Waals surface area contributed by atoms with Crippen LogP contribution >= 0.6 is 0 Å². The van der Waals surface area contributed by atoms with E-state index in [2.05, 4.69) is 150 Å². The first-order chi connectivity index (χ1) is 18.9. The van der Waals surface area contributed by atoms with E-state index in [4.69, 9.17) is 0 Å². The smallest absolute Gasteiger partial charge is 0.329 e. The van der Waals surface area contributed by atoms with Crippen LogP contribution in [0.15, 0.2) is 146 Å². The summed E-state index contributed by atoms with van der Waals surface area (Å²) in [6, 6.07) is 53.1. The fourth-order valence-corrected chi connectivity index (χ4v) is 6.56. The van der Waals surface area contributed by atoms with Crippen molar-refractivity contribution < 1.29 is 0 Å². The molecule has 2 aliphatic heterocycles. The Labute approximate surface area is 223 Å². The van der Waals surface area contributed by atoms with Crippen LogP contribution in [0, 0.1) is 0 Å². The van der Waals surface area contributed by atoms with Crippen molar-refractivity contribution in [3.63, 3.8) is 0 Å². The molecule has 176 valence electrons. The molecule has 2 aliphatic rings. The Balaban J connectivity index is 1.49. The number of fused-ring (bicyclic) bond motifs is 11. The SMILES string of the molecule is c1ccc(-c2cccc3c2-c2ccccc2N2B3c3cccc(-c4ccccc4)c3-c3ccccc32)cc1. The molecule has 1 nitrogen and oxygen atoms in total. The minimum atomic E-state index is 0.0807. The van der Waals surface area contributed by atoms with Crippen LogP contribution < -0.4 is 15.7 Å². The Hall–Kier alpha value is -4.82. The Morgan fingerprint density at radius 1 is 0.342 bits per heavy atom. The molecular weight excluding hydrogens is 457 g/mol. The van der Waals surface area contributed by atoms with Gasteiger partial charge in [0.25, 0.3) is 0 Å². The number of hydrogen-bond acceptors (Lipinski definition) is 1. The van der Waals surface area contributed by atoms with E-state index in [9.17, 15) is 0 Å². The number of anilines is 2. The van der Waals surface area contributed by atoms with Gasteiger partial charge in [-0.2, -0.15) is 0 Å². The summed E-state index contributed by atoms with van der Waals surface area (Å²) >= 11 is 0. The summed E-state index contributed by atoms with van der Waals surface area (Å²) in [6.45, 7) is 0.0807. The first-order valence-corrected chi connectivity index (χ1v) is 13.2. The second kappa shape index (κ2) is 8.36. The summed E-state index contributed by atoms with van der Waals surface area (Å²) in [5.41, 5.74) is 15.6. The molecular formula is C36H24BN. The number of nitrogens with zero attached hydrogens (tertiary/aromatic N) is 1. The number of rotatable bonds is 2. The van der Waals surface area contributed by atoms with Crippen LogP contribution in [0.5, 0.6) is 0 Å². The summed E-state index contributed by atoms with van der Waals surface area (Å²) in [5.74, 6) is 0. The molecule has 0 aliphatic carbocycles. The first-order valence-electron chi connectivity index (χ1n) is 13.2. The average molecular weight is 481 g/mol. The monoisotopic (exact) mass is 481 g/mol. The highest BCUT2D eigenvalue weighted by atomic mass is 15.1. The van der Waals surface area contributed by atoms with Gasteiger partial charge in [0.1, 0.15) is 0 Å². The van der Waals surface area contributed by atoms with Crippen molar-refractivity contribution in [3.8, 4) is 44.5 Å². The van der Waals surface area contributed by atoms with Crippen LogP contribution in [0.25, 0.3) is 44.5 Å². The standard InChI is InChI=1S/C36H24BN/c1-3-13-25(14-4-1)27-19-11-21-31-35(27)29-17-7-9-23-33(29)38-34-24-10-8-18-30(34)36-28(26-15-5-2-6-16-26)20-12-22-32(36)37(31)38/h1-24H.